The number of hydrogen-bond donors (Lipinski definition) is 0. The largest absolute Gasteiger partial charge is 0.294 e. The predicted molar refractivity (Wildman–Crippen MR) is 61.9 cm³/mol. The average molecular weight is 220 g/mol. The lowest BCUT2D eigenvalue weighted by Gasteiger charge is -2.12. The van der Waals surface area contributed by atoms with Crippen LogP contribution in [0.4, 0.5) is 4.39 Å². The Morgan fingerprint density at radius 2 is 1.56 bits per heavy atom. The first-order valence-electron chi connectivity index (χ1n) is 6.07. The van der Waals surface area contributed by atoms with Crippen molar-refractivity contribution >= 4 is 5.78 Å². The Labute approximate surface area is 95.7 Å². The third-order valence-corrected chi connectivity index (χ3v) is 3.35. The van der Waals surface area contributed by atoms with Crippen molar-refractivity contribution in [1.29, 1.82) is 0 Å². The molecule has 86 valence electrons. The van der Waals surface area contributed by atoms with Crippen LogP contribution in [0.1, 0.15) is 48.9 Å². The van der Waals surface area contributed by atoms with Gasteiger partial charge in [0.25, 0.3) is 0 Å². The molecule has 0 N–H and O–H groups in total. The second kappa shape index (κ2) is 5.24. The van der Waals surface area contributed by atoms with Gasteiger partial charge in [-0.1, -0.05) is 25.7 Å². The van der Waals surface area contributed by atoms with E-state index in [1.165, 1.54) is 25.0 Å². The van der Waals surface area contributed by atoms with Gasteiger partial charge in [-0.15, -0.1) is 0 Å². The van der Waals surface area contributed by atoms with Crippen LogP contribution in [0.25, 0.3) is 0 Å². The van der Waals surface area contributed by atoms with E-state index in [1.54, 1.807) is 12.1 Å². The number of ketones is 1. The zero-order chi connectivity index (χ0) is 11.4. The SMILES string of the molecule is O=C(c1ccc(F)cc1)C1CCCCCC1. The van der Waals surface area contributed by atoms with Gasteiger partial charge in [0.05, 0.1) is 0 Å². The Morgan fingerprint density at radius 1 is 1.00 bits per heavy atom. The highest BCUT2D eigenvalue weighted by Crippen LogP contribution is 2.26. The van der Waals surface area contributed by atoms with Crippen molar-refractivity contribution in [3.63, 3.8) is 0 Å². The molecule has 0 atom stereocenters. The molecule has 0 aromatic heterocycles. The maximum atomic E-state index is 12.7. The smallest absolute Gasteiger partial charge is 0.165 e. The summed E-state index contributed by atoms with van der Waals surface area (Å²) in [5.41, 5.74) is 0.660. The van der Waals surface area contributed by atoms with Gasteiger partial charge < -0.3 is 0 Å². The molecule has 1 aromatic rings. The molecule has 16 heavy (non-hydrogen) atoms. The van der Waals surface area contributed by atoms with E-state index in [4.69, 9.17) is 0 Å². The van der Waals surface area contributed by atoms with Gasteiger partial charge in [0.15, 0.2) is 5.78 Å². The van der Waals surface area contributed by atoms with Gasteiger partial charge in [0, 0.05) is 11.5 Å². The quantitative estimate of drug-likeness (QED) is 0.544. The first-order chi connectivity index (χ1) is 7.77. The van der Waals surface area contributed by atoms with E-state index in [2.05, 4.69) is 0 Å². The van der Waals surface area contributed by atoms with Gasteiger partial charge in [-0.3, -0.25) is 4.79 Å². The number of hydrogen-bond acceptors (Lipinski definition) is 1. The van der Waals surface area contributed by atoms with Crippen molar-refractivity contribution < 1.29 is 9.18 Å². The molecule has 1 aliphatic rings. The van der Waals surface area contributed by atoms with Crippen molar-refractivity contribution in [2.24, 2.45) is 5.92 Å². The fourth-order valence-electron chi connectivity index (χ4n) is 2.39. The summed E-state index contributed by atoms with van der Waals surface area (Å²) < 4.78 is 12.7. The minimum Gasteiger partial charge on any atom is -0.294 e. The van der Waals surface area contributed by atoms with Crippen LogP contribution in [0, 0.1) is 11.7 Å². The number of Topliss-reactive ketones (excluding diaryl/α,β-unsaturated/α-hetero) is 1. The van der Waals surface area contributed by atoms with E-state index in [0.29, 0.717) is 5.56 Å². The standard InChI is InChI=1S/C14H17FO/c15-13-9-7-12(8-10-13)14(16)11-5-3-1-2-4-6-11/h7-11H,1-6H2. The van der Waals surface area contributed by atoms with Gasteiger partial charge in [-0.2, -0.15) is 0 Å². The normalized spacial score (nSPS) is 18.1. The lowest BCUT2D eigenvalue weighted by atomic mass is 9.91. The minimum absolute atomic E-state index is 0.160. The Balaban J connectivity index is 2.08. The zero-order valence-corrected chi connectivity index (χ0v) is 9.42. The van der Waals surface area contributed by atoms with Crippen LogP contribution in [0.2, 0.25) is 0 Å². The summed E-state index contributed by atoms with van der Waals surface area (Å²) in [6.45, 7) is 0. The molecule has 0 spiro atoms. The van der Waals surface area contributed by atoms with E-state index in [-0.39, 0.29) is 17.5 Å². The van der Waals surface area contributed by atoms with E-state index >= 15 is 0 Å². The van der Waals surface area contributed by atoms with Crippen LogP contribution >= 0.6 is 0 Å². The van der Waals surface area contributed by atoms with E-state index in [1.807, 2.05) is 0 Å². The number of carbonyl (C=O) groups excluding carboxylic acids is 1. The maximum absolute atomic E-state index is 12.7. The summed E-state index contributed by atoms with van der Waals surface area (Å²) in [4.78, 5) is 12.1. The second-order valence-corrected chi connectivity index (χ2v) is 4.56. The summed E-state index contributed by atoms with van der Waals surface area (Å²) in [6.07, 6.45) is 6.78. The van der Waals surface area contributed by atoms with Crippen LogP contribution in [0.3, 0.4) is 0 Å². The van der Waals surface area contributed by atoms with Gasteiger partial charge in [-0.05, 0) is 37.1 Å². The van der Waals surface area contributed by atoms with Gasteiger partial charge in [0.2, 0.25) is 0 Å². The molecule has 1 saturated carbocycles. The number of benzene rings is 1. The summed E-state index contributed by atoms with van der Waals surface area (Å²) >= 11 is 0. The van der Waals surface area contributed by atoms with Crippen LogP contribution in [0.5, 0.6) is 0 Å². The predicted octanol–water partition coefficient (Wildman–Crippen LogP) is 3.98. The average Bonchev–Trinajstić information content (AvgIpc) is 2.57. The molecule has 1 aliphatic carbocycles. The highest BCUT2D eigenvalue weighted by molar-refractivity contribution is 5.97. The molecule has 1 nitrogen and oxygen atoms in total. The van der Waals surface area contributed by atoms with E-state index < -0.39 is 0 Å². The molecule has 0 aliphatic heterocycles. The lowest BCUT2D eigenvalue weighted by molar-refractivity contribution is 0.0908. The van der Waals surface area contributed by atoms with Gasteiger partial charge >= 0.3 is 0 Å². The Hall–Kier alpha value is -1.18. The lowest BCUT2D eigenvalue weighted by Crippen LogP contribution is -2.13. The molecule has 1 fully saturated rings. The molecule has 0 amide bonds. The molecule has 0 unspecified atom stereocenters. The molecule has 0 heterocycles. The van der Waals surface area contributed by atoms with Crippen molar-refractivity contribution in [2.45, 2.75) is 38.5 Å². The molecule has 2 rings (SSSR count). The molecular formula is C14H17FO. The Bertz CT molecular complexity index is 348. The monoisotopic (exact) mass is 220 g/mol. The highest BCUT2D eigenvalue weighted by Gasteiger charge is 2.21. The highest BCUT2D eigenvalue weighted by atomic mass is 19.1. The molecule has 1 aromatic carbocycles. The topological polar surface area (TPSA) is 17.1 Å². The summed E-state index contributed by atoms with van der Waals surface area (Å²) in [6, 6.07) is 5.93. The van der Waals surface area contributed by atoms with Crippen molar-refractivity contribution in [1.82, 2.24) is 0 Å². The number of carbonyl (C=O) groups is 1. The molecule has 0 bridgehead atoms. The molecule has 0 saturated heterocycles. The number of halogens is 1. The van der Waals surface area contributed by atoms with Crippen LogP contribution < -0.4 is 0 Å². The van der Waals surface area contributed by atoms with E-state index in [0.717, 1.165) is 25.7 Å². The van der Waals surface area contributed by atoms with Crippen LogP contribution in [-0.2, 0) is 0 Å². The minimum atomic E-state index is -0.280. The van der Waals surface area contributed by atoms with Crippen LogP contribution in [0.15, 0.2) is 24.3 Å². The number of rotatable bonds is 2. The third-order valence-electron chi connectivity index (χ3n) is 3.35. The van der Waals surface area contributed by atoms with Crippen LogP contribution in [-0.4, -0.2) is 5.78 Å². The molecule has 0 radical (unpaired) electrons. The maximum Gasteiger partial charge on any atom is 0.165 e. The first kappa shape index (κ1) is 11.3. The summed E-state index contributed by atoms with van der Waals surface area (Å²) in [7, 11) is 0. The fraction of sp³-hybridized carbons (Fsp3) is 0.500. The second-order valence-electron chi connectivity index (χ2n) is 4.56. The summed E-state index contributed by atoms with van der Waals surface area (Å²) in [5.74, 6) is 0.0762. The van der Waals surface area contributed by atoms with Crippen molar-refractivity contribution in [3.8, 4) is 0 Å². The van der Waals surface area contributed by atoms with E-state index in [9.17, 15) is 9.18 Å². The Kier molecular flexibility index (Phi) is 3.70. The van der Waals surface area contributed by atoms with Gasteiger partial charge in [0.1, 0.15) is 5.82 Å². The zero-order valence-electron chi connectivity index (χ0n) is 9.42. The summed E-state index contributed by atoms with van der Waals surface area (Å²) in [5, 5.41) is 0. The molecule has 2 heteroatoms. The van der Waals surface area contributed by atoms with Crippen molar-refractivity contribution in [2.75, 3.05) is 0 Å². The molecular weight excluding hydrogens is 203 g/mol. The third kappa shape index (κ3) is 2.69. The van der Waals surface area contributed by atoms with Crippen molar-refractivity contribution in [3.05, 3.63) is 35.6 Å². The Morgan fingerprint density at radius 3 is 2.12 bits per heavy atom. The van der Waals surface area contributed by atoms with Gasteiger partial charge in [-0.25, -0.2) is 4.39 Å². The first-order valence-corrected chi connectivity index (χ1v) is 6.07. The fourth-order valence-corrected chi connectivity index (χ4v) is 2.39.